The van der Waals surface area contributed by atoms with Crippen molar-refractivity contribution in [2.24, 2.45) is 0 Å². The smallest absolute Gasteiger partial charge is 0.292 e. The molecule has 1 aromatic rings. The van der Waals surface area contributed by atoms with Gasteiger partial charge in [-0.25, -0.2) is 0 Å². The summed E-state index contributed by atoms with van der Waals surface area (Å²) >= 11 is 0. The standard InChI is InChI=1S/C9H12O7S2/c10-9(18(14,15)16)6-8(17(11,12)13)7-4-2-1-3-5-7/h1-5,8-10H,6H2,(H,11,12,13)(H,14,15,16)/t8-,9+/m1/s1. The van der Waals surface area contributed by atoms with Gasteiger partial charge >= 0.3 is 0 Å². The second-order valence-corrected chi connectivity index (χ2v) is 6.79. The molecule has 0 radical (unpaired) electrons. The summed E-state index contributed by atoms with van der Waals surface area (Å²) in [4.78, 5) is 0. The largest absolute Gasteiger partial charge is 0.375 e. The maximum atomic E-state index is 11.2. The fourth-order valence-electron chi connectivity index (χ4n) is 1.40. The highest BCUT2D eigenvalue weighted by atomic mass is 32.2. The van der Waals surface area contributed by atoms with Crippen LogP contribution in [-0.2, 0) is 20.2 Å². The van der Waals surface area contributed by atoms with Crippen LogP contribution in [0.3, 0.4) is 0 Å². The molecule has 7 nitrogen and oxygen atoms in total. The molecule has 0 saturated heterocycles. The Bertz CT molecular complexity index is 591. The zero-order valence-corrected chi connectivity index (χ0v) is 10.7. The van der Waals surface area contributed by atoms with Crippen molar-refractivity contribution in [3.8, 4) is 0 Å². The van der Waals surface area contributed by atoms with Gasteiger partial charge in [0.15, 0.2) is 5.44 Å². The highest BCUT2D eigenvalue weighted by Gasteiger charge is 2.32. The summed E-state index contributed by atoms with van der Waals surface area (Å²) < 4.78 is 61.3. The SMILES string of the molecule is O=S(=O)(O)[C@H](O)C[C@H](c1ccccc1)S(=O)(=O)O. The Kier molecular flexibility index (Phi) is 4.46. The molecule has 102 valence electrons. The molecule has 3 N–H and O–H groups in total. The van der Waals surface area contributed by atoms with Gasteiger partial charge in [-0.05, 0) is 5.56 Å². The maximum Gasteiger partial charge on any atom is 0.292 e. The van der Waals surface area contributed by atoms with Crippen molar-refractivity contribution >= 4 is 20.2 Å². The minimum Gasteiger partial charge on any atom is -0.375 e. The molecule has 0 heterocycles. The molecule has 0 aliphatic rings. The quantitative estimate of drug-likeness (QED) is 0.662. The van der Waals surface area contributed by atoms with E-state index in [2.05, 4.69) is 0 Å². The first-order valence-corrected chi connectivity index (χ1v) is 7.78. The van der Waals surface area contributed by atoms with E-state index in [1.807, 2.05) is 0 Å². The van der Waals surface area contributed by atoms with E-state index in [0.717, 1.165) is 0 Å². The summed E-state index contributed by atoms with van der Waals surface area (Å²) in [5, 5.41) is 7.54. The zero-order chi connectivity index (χ0) is 14.0. The van der Waals surface area contributed by atoms with Gasteiger partial charge in [-0.15, -0.1) is 0 Å². The van der Waals surface area contributed by atoms with Crippen LogP contribution in [0.5, 0.6) is 0 Å². The molecule has 0 aliphatic carbocycles. The van der Waals surface area contributed by atoms with E-state index < -0.39 is 37.3 Å². The van der Waals surface area contributed by atoms with Crippen LogP contribution >= 0.6 is 0 Å². The Hall–Kier alpha value is -1.00. The number of aliphatic hydroxyl groups is 1. The fraction of sp³-hybridized carbons (Fsp3) is 0.333. The molecule has 0 fully saturated rings. The molecule has 1 rings (SSSR count). The van der Waals surface area contributed by atoms with E-state index in [9.17, 15) is 16.8 Å². The first-order chi connectivity index (χ1) is 8.12. The predicted octanol–water partition coefficient (Wildman–Crippen LogP) is 0.212. The molecule has 0 spiro atoms. The number of rotatable bonds is 5. The molecular weight excluding hydrogens is 284 g/mol. The summed E-state index contributed by atoms with van der Waals surface area (Å²) in [6, 6.07) is 7.30. The van der Waals surface area contributed by atoms with Crippen molar-refractivity contribution in [1.29, 1.82) is 0 Å². The van der Waals surface area contributed by atoms with Crippen molar-refractivity contribution in [3.05, 3.63) is 35.9 Å². The average Bonchev–Trinajstić information content (AvgIpc) is 2.23. The van der Waals surface area contributed by atoms with E-state index in [-0.39, 0.29) is 5.56 Å². The van der Waals surface area contributed by atoms with Crippen LogP contribution in [0, 0.1) is 0 Å². The first-order valence-electron chi connectivity index (χ1n) is 4.78. The van der Waals surface area contributed by atoms with E-state index in [1.54, 1.807) is 6.07 Å². The van der Waals surface area contributed by atoms with Crippen LogP contribution in [0.1, 0.15) is 17.2 Å². The van der Waals surface area contributed by atoms with E-state index >= 15 is 0 Å². The van der Waals surface area contributed by atoms with Crippen LogP contribution in [0.2, 0.25) is 0 Å². The summed E-state index contributed by atoms with van der Waals surface area (Å²) in [5.41, 5.74) is -2.17. The Morgan fingerprint density at radius 1 is 0.944 bits per heavy atom. The molecule has 1 aromatic carbocycles. The molecule has 0 saturated carbocycles. The van der Waals surface area contributed by atoms with E-state index in [0.29, 0.717) is 0 Å². The van der Waals surface area contributed by atoms with Crippen LogP contribution < -0.4 is 0 Å². The predicted molar refractivity (Wildman–Crippen MR) is 62.9 cm³/mol. The Morgan fingerprint density at radius 3 is 1.83 bits per heavy atom. The molecule has 0 unspecified atom stereocenters. The van der Waals surface area contributed by atoms with E-state index in [1.165, 1.54) is 24.3 Å². The monoisotopic (exact) mass is 296 g/mol. The Morgan fingerprint density at radius 2 is 1.44 bits per heavy atom. The Balaban J connectivity index is 3.11. The molecular formula is C9H12O7S2. The number of hydrogen-bond donors (Lipinski definition) is 3. The van der Waals surface area contributed by atoms with Gasteiger partial charge < -0.3 is 5.11 Å². The highest BCUT2D eigenvalue weighted by molar-refractivity contribution is 7.87. The Labute approximate surface area is 105 Å². The summed E-state index contributed by atoms with van der Waals surface area (Å²) in [5.74, 6) is 0. The number of hydrogen-bond acceptors (Lipinski definition) is 5. The molecule has 18 heavy (non-hydrogen) atoms. The summed E-state index contributed by atoms with van der Waals surface area (Å²) in [6.45, 7) is 0. The highest BCUT2D eigenvalue weighted by Crippen LogP contribution is 2.27. The lowest BCUT2D eigenvalue weighted by atomic mass is 10.1. The topological polar surface area (TPSA) is 129 Å². The van der Waals surface area contributed by atoms with Gasteiger partial charge in [0.1, 0.15) is 5.25 Å². The lowest BCUT2D eigenvalue weighted by Gasteiger charge is -2.16. The van der Waals surface area contributed by atoms with Gasteiger partial charge in [-0.2, -0.15) is 16.8 Å². The third-order valence-corrected chi connectivity index (χ3v) is 4.35. The minimum absolute atomic E-state index is 0.114. The third-order valence-electron chi connectivity index (χ3n) is 2.29. The van der Waals surface area contributed by atoms with Gasteiger partial charge in [0, 0.05) is 6.42 Å². The molecule has 0 amide bonds. The summed E-state index contributed by atoms with van der Waals surface area (Å²) in [7, 11) is -9.40. The fourth-order valence-corrected chi connectivity index (χ4v) is 2.89. The maximum absolute atomic E-state index is 11.2. The van der Waals surface area contributed by atoms with Gasteiger partial charge in [0.05, 0.1) is 0 Å². The average molecular weight is 296 g/mol. The number of benzene rings is 1. The first kappa shape index (κ1) is 15.1. The van der Waals surface area contributed by atoms with Crippen LogP contribution in [-0.4, -0.2) is 36.5 Å². The number of aliphatic hydroxyl groups excluding tert-OH is 1. The molecule has 0 aliphatic heterocycles. The van der Waals surface area contributed by atoms with E-state index in [4.69, 9.17) is 14.2 Å². The van der Waals surface area contributed by atoms with Gasteiger partial charge in [0.25, 0.3) is 20.2 Å². The molecule has 9 heteroatoms. The zero-order valence-electron chi connectivity index (χ0n) is 9.04. The van der Waals surface area contributed by atoms with Crippen molar-refractivity contribution in [1.82, 2.24) is 0 Å². The minimum atomic E-state index is -4.79. The van der Waals surface area contributed by atoms with Crippen LogP contribution in [0.15, 0.2) is 30.3 Å². The van der Waals surface area contributed by atoms with Gasteiger partial charge in [0.2, 0.25) is 0 Å². The van der Waals surface area contributed by atoms with Gasteiger partial charge in [-0.3, -0.25) is 9.11 Å². The molecule has 0 bridgehead atoms. The second kappa shape index (κ2) is 5.33. The lowest BCUT2D eigenvalue weighted by molar-refractivity contribution is 0.220. The van der Waals surface area contributed by atoms with Crippen molar-refractivity contribution in [2.75, 3.05) is 0 Å². The van der Waals surface area contributed by atoms with Crippen LogP contribution in [0.4, 0.5) is 0 Å². The lowest BCUT2D eigenvalue weighted by Crippen LogP contribution is -2.25. The van der Waals surface area contributed by atoms with Crippen molar-refractivity contribution in [2.45, 2.75) is 17.1 Å². The summed E-state index contributed by atoms with van der Waals surface area (Å²) in [6.07, 6.45) is -0.859. The molecule has 2 atom stereocenters. The third kappa shape index (κ3) is 4.03. The van der Waals surface area contributed by atoms with Gasteiger partial charge in [-0.1, -0.05) is 30.3 Å². The van der Waals surface area contributed by atoms with Crippen molar-refractivity contribution in [3.63, 3.8) is 0 Å². The van der Waals surface area contributed by atoms with Crippen molar-refractivity contribution < 1.29 is 31.0 Å². The molecule has 0 aromatic heterocycles. The van der Waals surface area contributed by atoms with Crippen LogP contribution in [0.25, 0.3) is 0 Å². The normalized spacial score (nSPS) is 16.2. The second-order valence-electron chi connectivity index (χ2n) is 3.62.